The molecule has 2 aliphatic rings. The van der Waals surface area contributed by atoms with Crippen molar-refractivity contribution in [2.24, 2.45) is 0 Å². The summed E-state index contributed by atoms with van der Waals surface area (Å²) in [5.74, 6) is 0. The summed E-state index contributed by atoms with van der Waals surface area (Å²) in [6, 6.07) is 1.13. The second-order valence-electron chi connectivity index (χ2n) is 5.03. The maximum Gasteiger partial charge on any atom is 0.317 e. The zero-order valence-corrected chi connectivity index (χ0v) is 10.4. The van der Waals surface area contributed by atoms with E-state index in [0.29, 0.717) is 12.1 Å². The molecule has 1 N–H and O–H groups in total. The van der Waals surface area contributed by atoms with Crippen molar-refractivity contribution in [3.63, 3.8) is 0 Å². The van der Waals surface area contributed by atoms with Gasteiger partial charge in [0.15, 0.2) is 0 Å². The topological polar surface area (TPSA) is 35.6 Å². The number of hydrogen-bond donors (Lipinski definition) is 1. The minimum absolute atomic E-state index is 0.102. The first-order valence-corrected chi connectivity index (χ1v) is 6.46. The molecule has 1 saturated heterocycles. The van der Waals surface area contributed by atoms with Crippen LogP contribution in [0, 0.1) is 0 Å². The summed E-state index contributed by atoms with van der Waals surface area (Å²) in [5, 5.41) is 3.03. The lowest BCUT2D eigenvalue weighted by molar-refractivity contribution is 0.181. The van der Waals surface area contributed by atoms with Crippen LogP contribution >= 0.6 is 0 Å². The van der Waals surface area contributed by atoms with Crippen LogP contribution in [0.2, 0.25) is 0 Å². The molecule has 1 aliphatic heterocycles. The molecule has 0 aromatic carbocycles. The average Bonchev–Trinajstić information content (AvgIpc) is 2.96. The van der Waals surface area contributed by atoms with Crippen molar-refractivity contribution in [3.8, 4) is 0 Å². The van der Waals surface area contributed by atoms with Crippen LogP contribution in [0.3, 0.4) is 0 Å². The lowest BCUT2D eigenvalue weighted by Gasteiger charge is -2.27. The fraction of sp³-hybridized carbons (Fsp3) is 0.917. The second kappa shape index (κ2) is 5.04. The van der Waals surface area contributed by atoms with E-state index in [1.54, 1.807) is 0 Å². The van der Waals surface area contributed by atoms with E-state index >= 15 is 0 Å². The Morgan fingerprint density at radius 2 is 2.19 bits per heavy atom. The van der Waals surface area contributed by atoms with Crippen LogP contribution in [0.4, 0.5) is 4.79 Å². The lowest BCUT2D eigenvalue weighted by atomic mass is 10.2. The molecule has 2 fully saturated rings. The van der Waals surface area contributed by atoms with E-state index < -0.39 is 0 Å². The van der Waals surface area contributed by atoms with Crippen molar-refractivity contribution < 1.29 is 4.79 Å². The van der Waals surface area contributed by atoms with Gasteiger partial charge in [0.25, 0.3) is 0 Å². The predicted molar refractivity (Wildman–Crippen MR) is 64.5 cm³/mol. The Bertz CT molecular complexity index is 253. The van der Waals surface area contributed by atoms with Crippen LogP contribution < -0.4 is 5.32 Å². The van der Waals surface area contributed by atoms with Gasteiger partial charge >= 0.3 is 6.03 Å². The number of nitrogens with one attached hydrogen (secondary N) is 1. The summed E-state index contributed by atoms with van der Waals surface area (Å²) < 4.78 is 0. The first kappa shape index (κ1) is 11.7. The van der Waals surface area contributed by atoms with Crippen molar-refractivity contribution in [2.75, 3.05) is 26.7 Å². The first-order valence-electron chi connectivity index (χ1n) is 6.46. The molecule has 0 radical (unpaired) electrons. The molecule has 1 unspecified atom stereocenters. The molecule has 0 spiro atoms. The Labute approximate surface area is 98.0 Å². The molecule has 0 aromatic rings. The maximum absolute atomic E-state index is 11.8. The summed E-state index contributed by atoms with van der Waals surface area (Å²) in [4.78, 5) is 16.1. The Morgan fingerprint density at radius 3 is 2.81 bits per heavy atom. The Balaban J connectivity index is 1.76. The third kappa shape index (κ3) is 2.88. The largest absolute Gasteiger partial charge is 0.335 e. The fourth-order valence-electron chi connectivity index (χ4n) is 2.43. The lowest BCUT2D eigenvalue weighted by Crippen LogP contribution is -2.45. The molecule has 1 saturated carbocycles. The van der Waals surface area contributed by atoms with Gasteiger partial charge in [-0.3, -0.25) is 4.90 Å². The van der Waals surface area contributed by atoms with Gasteiger partial charge in [-0.05, 0) is 38.8 Å². The standard InChI is InChI=1S/C12H23N3O/c1-3-15-8-4-5-11(15)9-14(2)12(16)13-10-6-7-10/h10-11H,3-9H2,1-2H3,(H,13,16). The Kier molecular flexibility index (Phi) is 3.69. The van der Waals surface area contributed by atoms with E-state index in [0.717, 1.165) is 25.9 Å². The molecular formula is C12H23N3O. The molecular weight excluding hydrogens is 202 g/mol. The van der Waals surface area contributed by atoms with Gasteiger partial charge in [0, 0.05) is 25.7 Å². The molecule has 4 heteroatoms. The number of rotatable bonds is 4. The summed E-state index contributed by atoms with van der Waals surface area (Å²) in [6.07, 6.45) is 4.82. The predicted octanol–water partition coefficient (Wildman–Crippen LogP) is 1.27. The van der Waals surface area contributed by atoms with Crippen LogP contribution in [0.1, 0.15) is 32.6 Å². The highest BCUT2D eigenvalue weighted by atomic mass is 16.2. The number of carbonyl (C=O) groups excluding carboxylic acids is 1. The van der Waals surface area contributed by atoms with Gasteiger partial charge in [0.2, 0.25) is 0 Å². The van der Waals surface area contributed by atoms with Crippen LogP contribution in [0.15, 0.2) is 0 Å². The highest BCUT2D eigenvalue weighted by Crippen LogP contribution is 2.20. The smallest absolute Gasteiger partial charge is 0.317 e. The molecule has 1 atom stereocenters. The third-order valence-corrected chi connectivity index (χ3v) is 3.64. The molecule has 2 rings (SSSR count). The van der Waals surface area contributed by atoms with E-state index in [9.17, 15) is 4.79 Å². The SMILES string of the molecule is CCN1CCCC1CN(C)C(=O)NC1CC1. The molecule has 4 nitrogen and oxygen atoms in total. The zero-order chi connectivity index (χ0) is 11.5. The minimum Gasteiger partial charge on any atom is -0.335 e. The number of likely N-dealkylation sites (N-methyl/N-ethyl adjacent to an activating group) is 2. The van der Waals surface area contributed by atoms with E-state index in [4.69, 9.17) is 0 Å². The molecule has 0 bridgehead atoms. The highest BCUT2D eigenvalue weighted by molar-refractivity contribution is 5.74. The Morgan fingerprint density at radius 1 is 1.44 bits per heavy atom. The van der Waals surface area contributed by atoms with Crippen molar-refractivity contribution in [2.45, 2.75) is 44.7 Å². The van der Waals surface area contributed by atoms with Gasteiger partial charge in [0.1, 0.15) is 0 Å². The fourth-order valence-corrected chi connectivity index (χ4v) is 2.43. The van der Waals surface area contributed by atoms with Crippen molar-refractivity contribution in [1.29, 1.82) is 0 Å². The van der Waals surface area contributed by atoms with Crippen LogP contribution in [0.25, 0.3) is 0 Å². The first-order chi connectivity index (χ1) is 7.70. The number of amides is 2. The quantitative estimate of drug-likeness (QED) is 0.782. The highest BCUT2D eigenvalue weighted by Gasteiger charge is 2.28. The molecule has 1 aliphatic carbocycles. The van der Waals surface area contributed by atoms with Crippen molar-refractivity contribution in [1.82, 2.24) is 15.1 Å². The molecule has 1 heterocycles. The van der Waals surface area contributed by atoms with Gasteiger partial charge in [-0.25, -0.2) is 4.79 Å². The molecule has 0 aromatic heterocycles. The number of nitrogens with zero attached hydrogens (tertiary/aromatic N) is 2. The minimum atomic E-state index is 0.102. The van der Waals surface area contributed by atoms with Crippen molar-refractivity contribution >= 4 is 6.03 Å². The second-order valence-corrected chi connectivity index (χ2v) is 5.03. The maximum atomic E-state index is 11.8. The van der Waals surface area contributed by atoms with Crippen LogP contribution in [-0.2, 0) is 0 Å². The summed E-state index contributed by atoms with van der Waals surface area (Å²) in [7, 11) is 1.91. The summed E-state index contributed by atoms with van der Waals surface area (Å²) in [6.45, 7) is 5.36. The van der Waals surface area contributed by atoms with Gasteiger partial charge in [-0.2, -0.15) is 0 Å². The number of likely N-dealkylation sites (tertiary alicyclic amines) is 1. The Hall–Kier alpha value is -0.770. The van der Waals surface area contributed by atoms with Crippen LogP contribution in [0.5, 0.6) is 0 Å². The monoisotopic (exact) mass is 225 g/mol. The molecule has 16 heavy (non-hydrogen) atoms. The van der Waals surface area contributed by atoms with E-state index in [1.165, 1.54) is 19.4 Å². The van der Waals surface area contributed by atoms with Crippen LogP contribution in [-0.4, -0.2) is 54.6 Å². The van der Waals surface area contributed by atoms with Crippen molar-refractivity contribution in [3.05, 3.63) is 0 Å². The average molecular weight is 225 g/mol. The van der Waals surface area contributed by atoms with E-state index in [1.807, 2.05) is 11.9 Å². The number of hydrogen-bond acceptors (Lipinski definition) is 2. The third-order valence-electron chi connectivity index (χ3n) is 3.64. The van der Waals surface area contributed by atoms with Gasteiger partial charge < -0.3 is 10.2 Å². The number of urea groups is 1. The normalized spacial score (nSPS) is 25.8. The van der Waals surface area contributed by atoms with E-state index in [2.05, 4.69) is 17.1 Å². The molecule has 92 valence electrons. The van der Waals surface area contributed by atoms with E-state index in [-0.39, 0.29) is 6.03 Å². The van der Waals surface area contributed by atoms with Gasteiger partial charge in [-0.15, -0.1) is 0 Å². The van der Waals surface area contributed by atoms with Gasteiger partial charge in [0.05, 0.1) is 0 Å². The molecule has 2 amide bonds. The summed E-state index contributed by atoms with van der Waals surface area (Å²) in [5.41, 5.74) is 0. The zero-order valence-electron chi connectivity index (χ0n) is 10.4. The number of carbonyl (C=O) groups is 1. The summed E-state index contributed by atoms with van der Waals surface area (Å²) >= 11 is 0. The van der Waals surface area contributed by atoms with Gasteiger partial charge in [-0.1, -0.05) is 6.92 Å².